The van der Waals surface area contributed by atoms with Gasteiger partial charge in [-0.2, -0.15) is 0 Å². The predicted octanol–water partition coefficient (Wildman–Crippen LogP) is 3.26. The predicted molar refractivity (Wildman–Crippen MR) is 84.3 cm³/mol. The molecule has 1 aliphatic heterocycles. The number of fused-ring (bicyclic) bond motifs is 1. The highest BCUT2D eigenvalue weighted by Crippen LogP contribution is 2.42. The van der Waals surface area contributed by atoms with Crippen molar-refractivity contribution in [3.8, 4) is 5.75 Å². The van der Waals surface area contributed by atoms with Gasteiger partial charge in [-0.1, -0.05) is 49.0 Å². The van der Waals surface area contributed by atoms with Crippen LogP contribution in [0.15, 0.2) is 60.7 Å². The summed E-state index contributed by atoms with van der Waals surface area (Å²) in [4.78, 5) is 25.2. The average molecular weight is 292 g/mol. The van der Waals surface area contributed by atoms with E-state index in [2.05, 4.69) is 6.58 Å². The zero-order valence-electron chi connectivity index (χ0n) is 12.3. The fourth-order valence-corrected chi connectivity index (χ4v) is 2.91. The first-order valence-electron chi connectivity index (χ1n) is 7.08. The lowest BCUT2D eigenvalue weighted by Crippen LogP contribution is -2.44. The molecule has 3 rings (SSSR count). The number of hydrogen-bond acceptors (Lipinski definition) is 3. The maximum absolute atomic E-state index is 13.2. The van der Waals surface area contributed by atoms with Crippen molar-refractivity contribution in [2.45, 2.75) is 12.3 Å². The fourth-order valence-electron chi connectivity index (χ4n) is 2.91. The molecular formula is C19H16O3. The second-order valence-electron chi connectivity index (χ2n) is 5.46. The van der Waals surface area contributed by atoms with Crippen LogP contribution in [0.4, 0.5) is 0 Å². The molecule has 0 spiro atoms. The Labute approximate surface area is 129 Å². The van der Waals surface area contributed by atoms with Crippen LogP contribution in [0.1, 0.15) is 21.5 Å². The van der Waals surface area contributed by atoms with Crippen LogP contribution in [0.5, 0.6) is 5.75 Å². The van der Waals surface area contributed by atoms with Gasteiger partial charge in [0, 0.05) is 11.1 Å². The minimum atomic E-state index is -1.37. The minimum absolute atomic E-state index is 0.160. The highest BCUT2D eigenvalue weighted by Gasteiger charge is 2.47. The number of para-hydroxylation sites is 1. The van der Waals surface area contributed by atoms with Crippen molar-refractivity contribution in [2.24, 2.45) is 0 Å². The molecule has 0 radical (unpaired) electrons. The van der Waals surface area contributed by atoms with Crippen LogP contribution in [-0.4, -0.2) is 18.7 Å². The molecule has 0 saturated carbocycles. The van der Waals surface area contributed by atoms with Gasteiger partial charge in [0.2, 0.25) is 0 Å². The van der Waals surface area contributed by atoms with Gasteiger partial charge >= 0.3 is 0 Å². The third kappa shape index (κ3) is 1.90. The minimum Gasteiger partial charge on any atom is -0.489 e. The normalized spacial score (nSPS) is 20.0. The number of aldehydes is 1. The SMILES string of the molecule is C=C1COc2ccccc2C1(C=O)C(=O)c1ccccc1C. The second kappa shape index (κ2) is 5.26. The summed E-state index contributed by atoms with van der Waals surface area (Å²) < 4.78 is 5.60. The molecule has 0 fully saturated rings. The van der Waals surface area contributed by atoms with Gasteiger partial charge in [0.25, 0.3) is 0 Å². The van der Waals surface area contributed by atoms with E-state index in [4.69, 9.17) is 4.74 Å². The number of carbonyl (C=O) groups excluding carboxylic acids is 2. The maximum atomic E-state index is 13.2. The van der Waals surface area contributed by atoms with Gasteiger partial charge in [-0.25, -0.2) is 0 Å². The van der Waals surface area contributed by atoms with Gasteiger partial charge < -0.3 is 9.53 Å². The molecule has 1 aliphatic rings. The summed E-state index contributed by atoms with van der Waals surface area (Å²) >= 11 is 0. The molecule has 3 heteroatoms. The Hall–Kier alpha value is -2.68. The highest BCUT2D eigenvalue weighted by molar-refractivity contribution is 6.17. The Morgan fingerprint density at radius 2 is 1.86 bits per heavy atom. The summed E-state index contributed by atoms with van der Waals surface area (Å²) in [6, 6.07) is 14.4. The number of rotatable bonds is 3. The largest absolute Gasteiger partial charge is 0.489 e. The van der Waals surface area contributed by atoms with Crippen LogP contribution in [0, 0.1) is 6.92 Å². The number of benzene rings is 2. The van der Waals surface area contributed by atoms with Crippen molar-refractivity contribution in [3.05, 3.63) is 77.4 Å². The summed E-state index contributed by atoms with van der Waals surface area (Å²) in [5, 5.41) is 0. The number of ether oxygens (including phenoxy) is 1. The third-order valence-corrected chi connectivity index (χ3v) is 4.20. The van der Waals surface area contributed by atoms with Crippen molar-refractivity contribution in [2.75, 3.05) is 6.61 Å². The van der Waals surface area contributed by atoms with Crippen LogP contribution in [-0.2, 0) is 10.2 Å². The molecule has 3 nitrogen and oxygen atoms in total. The smallest absolute Gasteiger partial charge is 0.185 e. The van der Waals surface area contributed by atoms with E-state index in [1.807, 2.05) is 25.1 Å². The molecule has 0 aromatic heterocycles. The van der Waals surface area contributed by atoms with Crippen molar-refractivity contribution in [1.29, 1.82) is 0 Å². The van der Waals surface area contributed by atoms with Crippen LogP contribution in [0.25, 0.3) is 0 Å². The van der Waals surface area contributed by atoms with Gasteiger partial charge in [0.05, 0.1) is 0 Å². The molecule has 110 valence electrons. The average Bonchev–Trinajstić information content (AvgIpc) is 2.55. The Bertz CT molecular complexity index is 776. The van der Waals surface area contributed by atoms with Crippen LogP contribution < -0.4 is 4.74 Å². The van der Waals surface area contributed by atoms with Gasteiger partial charge in [-0.05, 0) is 24.1 Å². The molecule has 0 aliphatic carbocycles. The lowest BCUT2D eigenvalue weighted by atomic mass is 9.69. The van der Waals surface area contributed by atoms with Crippen LogP contribution in [0.2, 0.25) is 0 Å². The standard InChI is InChI=1S/C19H16O3/c1-13-7-3-4-8-15(13)18(21)19(12-20)14(2)11-22-17-10-6-5-9-16(17)19/h3-10,12H,2,11H2,1H3. The van der Waals surface area contributed by atoms with E-state index in [0.29, 0.717) is 28.7 Å². The molecule has 0 amide bonds. The fraction of sp³-hybridized carbons (Fsp3) is 0.158. The quantitative estimate of drug-likeness (QED) is 0.377. The van der Waals surface area contributed by atoms with Crippen LogP contribution >= 0.6 is 0 Å². The number of ketones is 1. The Kier molecular flexibility index (Phi) is 3.41. The Morgan fingerprint density at radius 3 is 2.59 bits per heavy atom. The maximum Gasteiger partial charge on any atom is 0.185 e. The number of hydrogen-bond donors (Lipinski definition) is 0. The van der Waals surface area contributed by atoms with E-state index in [0.717, 1.165) is 5.56 Å². The zero-order chi connectivity index (χ0) is 15.7. The van der Waals surface area contributed by atoms with E-state index in [-0.39, 0.29) is 12.4 Å². The topological polar surface area (TPSA) is 43.4 Å². The van der Waals surface area contributed by atoms with E-state index in [1.165, 1.54) is 0 Å². The molecular weight excluding hydrogens is 276 g/mol. The van der Waals surface area contributed by atoms with E-state index in [9.17, 15) is 9.59 Å². The summed E-state index contributed by atoms with van der Waals surface area (Å²) in [6.45, 7) is 5.96. The summed E-state index contributed by atoms with van der Waals surface area (Å²) in [6.07, 6.45) is 0.700. The highest BCUT2D eigenvalue weighted by atomic mass is 16.5. The van der Waals surface area contributed by atoms with Crippen molar-refractivity contribution < 1.29 is 14.3 Å². The molecule has 0 N–H and O–H groups in total. The monoisotopic (exact) mass is 292 g/mol. The van der Waals surface area contributed by atoms with Crippen LogP contribution in [0.3, 0.4) is 0 Å². The van der Waals surface area contributed by atoms with Gasteiger partial charge in [0.15, 0.2) is 5.78 Å². The molecule has 2 aromatic carbocycles. The first-order chi connectivity index (χ1) is 10.6. The second-order valence-corrected chi connectivity index (χ2v) is 5.46. The Balaban J connectivity index is 2.25. The molecule has 0 saturated heterocycles. The first kappa shape index (κ1) is 14.3. The molecule has 0 bridgehead atoms. The van der Waals surface area contributed by atoms with E-state index < -0.39 is 5.41 Å². The van der Waals surface area contributed by atoms with Crippen molar-refractivity contribution >= 4 is 12.1 Å². The molecule has 2 aromatic rings. The van der Waals surface area contributed by atoms with Crippen molar-refractivity contribution in [1.82, 2.24) is 0 Å². The van der Waals surface area contributed by atoms with Crippen molar-refractivity contribution in [3.63, 3.8) is 0 Å². The van der Waals surface area contributed by atoms with Gasteiger partial charge in [-0.15, -0.1) is 0 Å². The molecule has 1 atom stereocenters. The Morgan fingerprint density at radius 1 is 1.18 bits per heavy atom. The number of aryl methyl sites for hydroxylation is 1. The summed E-state index contributed by atoms with van der Waals surface area (Å²) in [5.74, 6) is 0.310. The number of carbonyl (C=O) groups is 2. The summed E-state index contributed by atoms with van der Waals surface area (Å²) in [7, 11) is 0. The first-order valence-corrected chi connectivity index (χ1v) is 7.08. The number of Topliss-reactive ketones (excluding diaryl/α,β-unsaturated/α-hetero) is 1. The molecule has 1 heterocycles. The molecule has 22 heavy (non-hydrogen) atoms. The van der Waals surface area contributed by atoms with Gasteiger partial charge in [-0.3, -0.25) is 4.79 Å². The van der Waals surface area contributed by atoms with E-state index in [1.54, 1.807) is 30.3 Å². The lowest BCUT2D eigenvalue weighted by Gasteiger charge is -2.35. The summed E-state index contributed by atoms with van der Waals surface area (Å²) in [5.41, 5.74) is 1.03. The molecule has 1 unspecified atom stereocenters. The van der Waals surface area contributed by atoms with Gasteiger partial charge in [0.1, 0.15) is 24.1 Å². The van der Waals surface area contributed by atoms with E-state index >= 15 is 0 Å². The zero-order valence-corrected chi connectivity index (χ0v) is 12.3. The lowest BCUT2D eigenvalue weighted by molar-refractivity contribution is -0.110. The third-order valence-electron chi connectivity index (χ3n) is 4.20.